The minimum absolute atomic E-state index is 0.0835. The second-order valence-corrected chi connectivity index (χ2v) is 5.90. The maximum Gasteiger partial charge on any atom is 0.147 e. The molecule has 1 nitrogen and oxygen atoms in total. The van der Waals surface area contributed by atoms with E-state index in [0.717, 1.165) is 10.0 Å². The molecule has 0 amide bonds. The van der Waals surface area contributed by atoms with Gasteiger partial charge in [-0.05, 0) is 23.8 Å². The standard InChI is InChI=1S/C15H12BrFOS/c16-13-6-2-1-5-11(13)9-12(18)10-19-15-8-4-3-7-14(15)17/h1-8H,9-10H2. The molecule has 0 N–H and O–H groups in total. The van der Waals surface area contributed by atoms with Gasteiger partial charge in [-0.2, -0.15) is 0 Å². The molecule has 2 rings (SSSR count). The lowest BCUT2D eigenvalue weighted by atomic mass is 10.1. The van der Waals surface area contributed by atoms with Crippen LogP contribution in [0.1, 0.15) is 5.56 Å². The van der Waals surface area contributed by atoms with Crippen molar-refractivity contribution < 1.29 is 9.18 Å². The first kappa shape index (κ1) is 14.3. The molecule has 98 valence electrons. The number of hydrogen-bond acceptors (Lipinski definition) is 2. The summed E-state index contributed by atoms with van der Waals surface area (Å²) in [5.74, 6) is 0.0868. The quantitative estimate of drug-likeness (QED) is 0.747. The Bertz CT molecular complexity index is 586. The fourth-order valence-electron chi connectivity index (χ4n) is 1.63. The summed E-state index contributed by atoms with van der Waals surface area (Å²) in [6, 6.07) is 14.1. The lowest BCUT2D eigenvalue weighted by molar-refractivity contribution is -0.116. The van der Waals surface area contributed by atoms with Crippen molar-refractivity contribution in [3.8, 4) is 0 Å². The van der Waals surface area contributed by atoms with Crippen molar-refractivity contribution in [2.24, 2.45) is 0 Å². The molecule has 0 aliphatic rings. The largest absolute Gasteiger partial charge is 0.298 e. The van der Waals surface area contributed by atoms with Gasteiger partial charge in [0.1, 0.15) is 11.6 Å². The number of halogens is 2. The highest BCUT2D eigenvalue weighted by Gasteiger charge is 2.09. The van der Waals surface area contributed by atoms with Crippen LogP contribution in [-0.4, -0.2) is 11.5 Å². The number of thioether (sulfide) groups is 1. The Morgan fingerprint density at radius 1 is 1.11 bits per heavy atom. The van der Waals surface area contributed by atoms with E-state index in [2.05, 4.69) is 15.9 Å². The first-order valence-electron chi connectivity index (χ1n) is 5.79. The van der Waals surface area contributed by atoms with Crippen LogP contribution in [-0.2, 0) is 11.2 Å². The monoisotopic (exact) mass is 338 g/mol. The summed E-state index contributed by atoms with van der Waals surface area (Å²) in [5.41, 5.74) is 0.960. The fourth-order valence-corrected chi connectivity index (χ4v) is 2.85. The van der Waals surface area contributed by atoms with Gasteiger partial charge in [-0.1, -0.05) is 46.3 Å². The maximum absolute atomic E-state index is 13.4. The molecule has 0 aliphatic heterocycles. The summed E-state index contributed by atoms with van der Waals surface area (Å²) in [6.07, 6.45) is 0.364. The number of Topliss-reactive ketones (excluding diaryl/α,β-unsaturated/α-hetero) is 1. The number of hydrogen-bond donors (Lipinski definition) is 0. The van der Waals surface area contributed by atoms with Crippen LogP contribution in [0.4, 0.5) is 4.39 Å². The molecule has 2 aromatic carbocycles. The molecule has 4 heteroatoms. The third-order valence-electron chi connectivity index (χ3n) is 2.57. The number of carbonyl (C=O) groups excluding carboxylic acids is 1. The Labute approximate surface area is 124 Å². The van der Waals surface area contributed by atoms with E-state index in [9.17, 15) is 9.18 Å². The molecular formula is C15H12BrFOS. The van der Waals surface area contributed by atoms with E-state index in [4.69, 9.17) is 0 Å². The molecule has 0 heterocycles. The number of benzene rings is 2. The lowest BCUT2D eigenvalue weighted by Gasteiger charge is -2.04. The Kier molecular flexibility index (Phi) is 5.16. The van der Waals surface area contributed by atoms with E-state index in [1.165, 1.54) is 17.8 Å². The van der Waals surface area contributed by atoms with Gasteiger partial charge in [0, 0.05) is 15.8 Å². The van der Waals surface area contributed by atoms with Crippen LogP contribution < -0.4 is 0 Å². The van der Waals surface area contributed by atoms with Crippen molar-refractivity contribution in [3.63, 3.8) is 0 Å². The van der Waals surface area contributed by atoms with Gasteiger partial charge in [0.25, 0.3) is 0 Å². The van der Waals surface area contributed by atoms with Gasteiger partial charge >= 0.3 is 0 Å². The second kappa shape index (κ2) is 6.87. The van der Waals surface area contributed by atoms with Crippen molar-refractivity contribution >= 4 is 33.5 Å². The minimum atomic E-state index is -0.277. The van der Waals surface area contributed by atoms with E-state index in [1.807, 2.05) is 24.3 Å². The molecule has 0 atom stereocenters. The van der Waals surface area contributed by atoms with E-state index in [0.29, 0.717) is 11.3 Å². The van der Waals surface area contributed by atoms with Crippen molar-refractivity contribution in [3.05, 3.63) is 64.4 Å². The molecule has 0 radical (unpaired) electrons. The van der Waals surface area contributed by atoms with Gasteiger partial charge in [0.15, 0.2) is 0 Å². The normalized spacial score (nSPS) is 10.4. The van der Waals surface area contributed by atoms with Crippen molar-refractivity contribution in [1.29, 1.82) is 0 Å². The Balaban J connectivity index is 1.92. The molecule has 0 fully saturated rings. The molecule has 0 aliphatic carbocycles. The summed E-state index contributed by atoms with van der Waals surface area (Å²) >= 11 is 4.65. The molecule has 19 heavy (non-hydrogen) atoms. The molecule has 0 spiro atoms. The maximum atomic E-state index is 13.4. The first-order valence-corrected chi connectivity index (χ1v) is 7.57. The van der Waals surface area contributed by atoms with Gasteiger partial charge in [-0.25, -0.2) is 4.39 Å². The van der Waals surface area contributed by atoms with Crippen LogP contribution in [0, 0.1) is 5.82 Å². The van der Waals surface area contributed by atoms with Crippen LogP contribution in [0.25, 0.3) is 0 Å². The van der Waals surface area contributed by atoms with E-state index in [-0.39, 0.29) is 17.4 Å². The number of carbonyl (C=O) groups is 1. The average Bonchev–Trinajstić information content (AvgIpc) is 2.40. The summed E-state index contributed by atoms with van der Waals surface area (Å²) in [7, 11) is 0. The molecule has 0 bridgehead atoms. The predicted molar refractivity (Wildman–Crippen MR) is 80.0 cm³/mol. The summed E-state index contributed by atoms with van der Waals surface area (Å²) in [4.78, 5) is 12.4. The molecule has 2 aromatic rings. The SMILES string of the molecule is O=C(CSc1ccccc1F)Cc1ccccc1Br. The summed E-state index contributed by atoms with van der Waals surface area (Å²) in [5, 5.41) is 0. The van der Waals surface area contributed by atoms with Crippen LogP contribution in [0.3, 0.4) is 0 Å². The summed E-state index contributed by atoms with van der Waals surface area (Å²) in [6.45, 7) is 0. The minimum Gasteiger partial charge on any atom is -0.298 e. The fraction of sp³-hybridized carbons (Fsp3) is 0.133. The molecule has 0 unspecified atom stereocenters. The van der Waals surface area contributed by atoms with Crippen molar-refractivity contribution in [1.82, 2.24) is 0 Å². The van der Waals surface area contributed by atoms with Gasteiger partial charge in [0.05, 0.1) is 5.75 Å². The zero-order valence-electron chi connectivity index (χ0n) is 10.1. The highest BCUT2D eigenvalue weighted by molar-refractivity contribution is 9.10. The molecule has 0 aromatic heterocycles. The van der Waals surface area contributed by atoms with Crippen LogP contribution in [0.2, 0.25) is 0 Å². The Morgan fingerprint density at radius 2 is 1.79 bits per heavy atom. The van der Waals surface area contributed by atoms with Crippen molar-refractivity contribution in [2.75, 3.05) is 5.75 Å². The number of rotatable bonds is 5. The number of ketones is 1. The Morgan fingerprint density at radius 3 is 2.53 bits per heavy atom. The van der Waals surface area contributed by atoms with E-state index < -0.39 is 0 Å². The van der Waals surface area contributed by atoms with Crippen LogP contribution in [0.15, 0.2) is 57.9 Å². The van der Waals surface area contributed by atoms with Gasteiger partial charge in [-0.15, -0.1) is 11.8 Å². The summed E-state index contributed by atoms with van der Waals surface area (Å²) < 4.78 is 14.3. The van der Waals surface area contributed by atoms with Gasteiger partial charge < -0.3 is 0 Å². The van der Waals surface area contributed by atoms with Gasteiger partial charge in [-0.3, -0.25) is 4.79 Å². The molecule has 0 saturated heterocycles. The topological polar surface area (TPSA) is 17.1 Å². The highest BCUT2D eigenvalue weighted by atomic mass is 79.9. The average molecular weight is 339 g/mol. The first-order chi connectivity index (χ1) is 9.16. The van der Waals surface area contributed by atoms with E-state index >= 15 is 0 Å². The third-order valence-corrected chi connectivity index (χ3v) is 4.45. The molecule has 0 saturated carbocycles. The smallest absolute Gasteiger partial charge is 0.147 e. The van der Waals surface area contributed by atoms with Crippen LogP contribution >= 0.6 is 27.7 Å². The van der Waals surface area contributed by atoms with E-state index in [1.54, 1.807) is 18.2 Å². The predicted octanol–water partition coefficient (Wildman–Crippen LogP) is 4.49. The van der Waals surface area contributed by atoms with Gasteiger partial charge in [0.2, 0.25) is 0 Å². The lowest BCUT2D eigenvalue weighted by Crippen LogP contribution is -2.06. The second-order valence-electron chi connectivity index (χ2n) is 4.03. The molecular weight excluding hydrogens is 327 g/mol. The third kappa shape index (κ3) is 4.18. The van der Waals surface area contributed by atoms with Crippen molar-refractivity contribution in [2.45, 2.75) is 11.3 Å². The Hall–Kier alpha value is -1.13. The zero-order valence-corrected chi connectivity index (χ0v) is 12.5. The highest BCUT2D eigenvalue weighted by Crippen LogP contribution is 2.22. The zero-order chi connectivity index (χ0) is 13.7. The van der Waals surface area contributed by atoms with Crippen LogP contribution in [0.5, 0.6) is 0 Å².